The number of likely N-dealkylation sites (N-methyl/N-ethyl adjacent to an activating group) is 1. The maximum Gasteiger partial charge on any atom is 0.387 e. The zero-order chi connectivity index (χ0) is 21.6. The largest absolute Gasteiger partial charge is 0.493 e. The molecule has 8 heteroatoms. The highest BCUT2D eigenvalue weighted by Crippen LogP contribution is 2.30. The van der Waals surface area contributed by atoms with Crippen LogP contribution in [0.25, 0.3) is 0 Å². The minimum absolute atomic E-state index is 0.0551. The summed E-state index contributed by atoms with van der Waals surface area (Å²) in [6.45, 7) is 0.597. The Hall–Kier alpha value is -3.00. The number of alkyl halides is 2. The number of hydrogen-bond donors (Lipinski definition) is 1. The second kappa shape index (κ2) is 9.97. The second-order valence-electron chi connectivity index (χ2n) is 6.55. The van der Waals surface area contributed by atoms with E-state index >= 15 is 0 Å². The van der Waals surface area contributed by atoms with Crippen molar-refractivity contribution in [3.05, 3.63) is 53.6 Å². The lowest BCUT2D eigenvalue weighted by Gasteiger charge is -2.24. The lowest BCUT2D eigenvalue weighted by atomic mass is 10.1. The lowest BCUT2D eigenvalue weighted by molar-refractivity contribution is -0.120. The van der Waals surface area contributed by atoms with Crippen LogP contribution in [-0.2, 0) is 11.3 Å². The van der Waals surface area contributed by atoms with Crippen molar-refractivity contribution in [3.8, 4) is 11.5 Å². The molecule has 0 spiro atoms. The fraction of sp³-hybridized carbons (Fsp3) is 0.333. The molecule has 0 aliphatic rings. The maximum atomic E-state index is 12.6. The van der Waals surface area contributed by atoms with Crippen LogP contribution in [0.2, 0.25) is 0 Å². The molecule has 0 fully saturated rings. The molecular weight excluding hydrogens is 382 g/mol. The summed E-state index contributed by atoms with van der Waals surface area (Å²) in [5.41, 5.74) is 1.66. The van der Waals surface area contributed by atoms with Gasteiger partial charge in [0.1, 0.15) is 0 Å². The number of nitrogens with zero attached hydrogens (tertiary/aromatic N) is 1. The van der Waals surface area contributed by atoms with Gasteiger partial charge in [-0.25, -0.2) is 0 Å². The summed E-state index contributed by atoms with van der Waals surface area (Å²) in [6.07, 6.45) is 0. The molecule has 0 aliphatic heterocycles. The van der Waals surface area contributed by atoms with Gasteiger partial charge < -0.3 is 14.8 Å². The number of para-hydroxylation sites is 1. The van der Waals surface area contributed by atoms with Crippen LogP contribution in [0.15, 0.2) is 42.5 Å². The molecule has 0 saturated carbocycles. The Labute approximate surface area is 168 Å². The molecule has 0 radical (unpaired) electrons. The number of Topliss-reactive ketones (excluding diaryl/α,β-unsaturated/α-hetero) is 1. The van der Waals surface area contributed by atoms with Crippen LogP contribution in [-0.4, -0.2) is 43.4 Å². The number of ketones is 1. The van der Waals surface area contributed by atoms with Crippen molar-refractivity contribution in [1.82, 2.24) is 4.90 Å². The molecule has 2 aromatic rings. The quantitative estimate of drug-likeness (QED) is 0.639. The van der Waals surface area contributed by atoms with Gasteiger partial charge in [-0.05, 0) is 50.7 Å². The van der Waals surface area contributed by atoms with Crippen molar-refractivity contribution in [2.24, 2.45) is 0 Å². The predicted octanol–water partition coefficient (Wildman–Crippen LogP) is 3.96. The van der Waals surface area contributed by atoms with Crippen LogP contribution in [0.5, 0.6) is 11.5 Å². The molecule has 0 aliphatic carbocycles. The van der Waals surface area contributed by atoms with E-state index in [0.717, 1.165) is 5.56 Å². The molecule has 0 bridgehead atoms. The first kappa shape index (κ1) is 22.3. The monoisotopic (exact) mass is 406 g/mol. The molecule has 0 aromatic heterocycles. The van der Waals surface area contributed by atoms with E-state index in [2.05, 4.69) is 10.1 Å². The molecule has 0 heterocycles. The molecule has 1 amide bonds. The van der Waals surface area contributed by atoms with Crippen molar-refractivity contribution in [1.29, 1.82) is 0 Å². The van der Waals surface area contributed by atoms with Gasteiger partial charge in [0.2, 0.25) is 5.91 Å². The second-order valence-corrected chi connectivity index (χ2v) is 6.55. The lowest BCUT2D eigenvalue weighted by Crippen LogP contribution is -2.39. The SMILES string of the molecule is COc1cc(CN(C)[C@@H](C)C(=O)Nc2ccccc2C(C)=O)ccc1OC(F)F. The number of benzene rings is 2. The summed E-state index contributed by atoms with van der Waals surface area (Å²) in [6, 6.07) is 10.9. The maximum absolute atomic E-state index is 12.6. The topological polar surface area (TPSA) is 67.9 Å². The Bertz CT molecular complexity index is 874. The Morgan fingerprint density at radius 3 is 2.45 bits per heavy atom. The number of hydrogen-bond acceptors (Lipinski definition) is 5. The molecule has 156 valence electrons. The number of carbonyl (C=O) groups is 2. The van der Waals surface area contributed by atoms with Gasteiger partial charge >= 0.3 is 6.61 Å². The van der Waals surface area contributed by atoms with Crippen molar-refractivity contribution in [2.45, 2.75) is 33.0 Å². The number of ether oxygens (including phenoxy) is 2. The third kappa shape index (κ3) is 5.99. The van der Waals surface area contributed by atoms with E-state index in [1.807, 2.05) is 0 Å². The van der Waals surface area contributed by atoms with Gasteiger partial charge in [0.25, 0.3) is 0 Å². The van der Waals surface area contributed by atoms with Gasteiger partial charge in [0.05, 0.1) is 18.8 Å². The van der Waals surface area contributed by atoms with Gasteiger partial charge in [-0.3, -0.25) is 14.5 Å². The number of rotatable bonds is 9. The summed E-state index contributed by atoms with van der Waals surface area (Å²) < 4.78 is 34.4. The summed E-state index contributed by atoms with van der Waals surface area (Å²) in [4.78, 5) is 26.1. The molecule has 1 N–H and O–H groups in total. The Balaban J connectivity index is 2.07. The highest BCUT2D eigenvalue weighted by molar-refractivity contribution is 6.04. The average Bonchev–Trinajstić information content (AvgIpc) is 2.68. The van der Waals surface area contributed by atoms with E-state index in [-0.39, 0.29) is 23.2 Å². The molecule has 29 heavy (non-hydrogen) atoms. The van der Waals surface area contributed by atoms with Crippen LogP contribution in [0.1, 0.15) is 29.8 Å². The minimum Gasteiger partial charge on any atom is -0.493 e. The van der Waals surface area contributed by atoms with Crippen molar-refractivity contribution < 1.29 is 27.8 Å². The molecule has 0 saturated heterocycles. The molecule has 6 nitrogen and oxygen atoms in total. The molecule has 1 atom stereocenters. The Morgan fingerprint density at radius 1 is 1.14 bits per heavy atom. The average molecular weight is 406 g/mol. The van der Waals surface area contributed by atoms with E-state index in [9.17, 15) is 18.4 Å². The molecule has 2 rings (SSSR count). The van der Waals surface area contributed by atoms with E-state index in [0.29, 0.717) is 17.8 Å². The van der Waals surface area contributed by atoms with Gasteiger partial charge in [-0.1, -0.05) is 18.2 Å². The molecule has 2 aromatic carbocycles. The zero-order valence-corrected chi connectivity index (χ0v) is 16.7. The number of halogens is 2. The summed E-state index contributed by atoms with van der Waals surface area (Å²) in [5, 5.41) is 2.78. The summed E-state index contributed by atoms with van der Waals surface area (Å²) in [5.74, 6) is -0.282. The Morgan fingerprint density at radius 2 is 1.83 bits per heavy atom. The number of carbonyl (C=O) groups excluding carboxylic acids is 2. The highest BCUT2D eigenvalue weighted by Gasteiger charge is 2.20. The van der Waals surface area contributed by atoms with Crippen LogP contribution in [0, 0.1) is 0 Å². The first-order valence-corrected chi connectivity index (χ1v) is 8.95. The predicted molar refractivity (Wildman–Crippen MR) is 106 cm³/mol. The van der Waals surface area contributed by atoms with Gasteiger partial charge in [-0.2, -0.15) is 8.78 Å². The third-order valence-electron chi connectivity index (χ3n) is 4.48. The van der Waals surface area contributed by atoms with E-state index < -0.39 is 12.7 Å². The van der Waals surface area contributed by atoms with Crippen molar-refractivity contribution in [2.75, 3.05) is 19.5 Å². The smallest absolute Gasteiger partial charge is 0.387 e. The van der Waals surface area contributed by atoms with Gasteiger partial charge in [-0.15, -0.1) is 0 Å². The van der Waals surface area contributed by atoms with E-state index in [1.165, 1.54) is 20.1 Å². The molecular formula is C21H24F2N2O4. The third-order valence-corrected chi connectivity index (χ3v) is 4.48. The van der Waals surface area contributed by atoms with Crippen LogP contribution < -0.4 is 14.8 Å². The van der Waals surface area contributed by atoms with Crippen molar-refractivity contribution >= 4 is 17.4 Å². The summed E-state index contributed by atoms with van der Waals surface area (Å²) in [7, 11) is 3.13. The van der Waals surface area contributed by atoms with Gasteiger partial charge in [0.15, 0.2) is 17.3 Å². The first-order chi connectivity index (χ1) is 13.7. The fourth-order valence-electron chi connectivity index (χ4n) is 2.77. The van der Waals surface area contributed by atoms with E-state index in [1.54, 1.807) is 55.3 Å². The highest BCUT2D eigenvalue weighted by atomic mass is 19.3. The Kier molecular flexibility index (Phi) is 7.67. The summed E-state index contributed by atoms with van der Waals surface area (Å²) >= 11 is 0. The van der Waals surface area contributed by atoms with E-state index in [4.69, 9.17) is 4.74 Å². The fourth-order valence-corrected chi connectivity index (χ4v) is 2.77. The number of nitrogens with one attached hydrogen (secondary N) is 1. The van der Waals surface area contributed by atoms with Gasteiger partial charge in [0, 0.05) is 12.1 Å². The number of methoxy groups -OCH3 is 1. The number of anilines is 1. The molecule has 0 unspecified atom stereocenters. The first-order valence-electron chi connectivity index (χ1n) is 8.95. The van der Waals surface area contributed by atoms with Crippen LogP contribution in [0.4, 0.5) is 14.5 Å². The zero-order valence-electron chi connectivity index (χ0n) is 16.7. The minimum atomic E-state index is -2.95. The van der Waals surface area contributed by atoms with Crippen LogP contribution >= 0.6 is 0 Å². The number of amides is 1. The van der Waals surface area contributed by atoms with Crippen LogP contribution in [0.3, 0.4) is 0 Å². The normalized spacial score (nSPS) is 12.0. The standard InChI is InChI=1S/C21H24F2N2O4/c1-13(20(27)24-17-8-6-5-7-16(17)14(2)26)25(3)12-15-9-10-18(29-21(22)23)19(11-15)28-4/h5-11,13,21H,12H2,1-4H3,(H,24,27)/t13-/m0/s1. The van der Waals surface area contributed by atoms with Crippen molar-refractivity contribution in [3.63, 3.8) is 0 Å².